The molecule has 2 N–H and O–H groups in total. The van der Waals surface area contributed by atoms with Crippen molar-refractivity contribution < 1.29 is 8.42 Å². The van der Waals surface area contributed by atoms with E-state index in [1.54, 1.807) is 0 Å². The van der Waals surface area contributed by atoms with E-state index < -0.39 is 9.84 Å². The van der Waals surface area contributed by atoms with E-state index in [4.69, 9.17) is 5.73 Å². The van der Waals surface area contributed by atoms with Crippen LogP contribution in [0.4, 0.5) is 0 Å². The fourth-order valence-corrected chi connectivity index (χ4v) is 3.31. The highest BCUT2D eigenvalue weighted by Gasteiger charge is 2.27. The molecule has 13 heavy (non-hydrogen) atoms. The van der Waals surface area contributed by atoms with Gasteiger partial charge in [0.1, 0.15) is 0 Å². The molecule has 0 aromatic carbocycles. The monoisotopic (exact) mass is 201 g/mol. The van der Waals surface area contributed by atoms with Crippen molar-refractivity contribution in [1.82, 2.24) is 0 Å². The minimum absolute atomic E-state index is 0.236. The summed E-state index contributed by atoms with van der Waals surface area (Å²) in [5.74, 6) is 5.84. The van der Waals surface area contributed by atoms with Crippen molar-refractivity contribution in [2.75, 3.05) is 12.3 Å². The van der Waals surface area contributed by atoms with Gasteiger partial charge in [-0.25, -0.2) is 8.42 Å². The number of hydrogen-bond donors (Lipinski definition) is 1. The van der Waals surface area contributed by atoms with Crippen LogP contribution in [0.2, 0.25) is 0 Å². The van der Waals surface area contributed by atoms with Crippen LogP contribution in [0, 0.1) is 11.8 Å². The van der Waals surface area contributed by atoms with Crippen molar-refractivity contribution in [3.8, 4) is 11.8 Å². The van der Waals surface area contributed by atoms with Gasteiger partial charge >= 0.3 is 0 Å². The molecular weight excluding hydrogens is 186 g/mol. The fourth-order valence-electron chi connectivity index (χ4n) is 1.51. The predicted octanol–water partition coefficient (Wildman–Crippen LogP) is 0.306. The molecule has 74 valence electrons. The predicted molar refractivity (Wildman–Crippen MR) is 52.9 cm³/mol. The van der Waals surface area contributed by atoms with E-state index >= 15 is 0 Å². The zero-order chi connectivity index (χ0) is 9.73. The molecule has 1 fully saturated rings. The molecule has 1 unspecified atom stereocenters. The summed E-state index contributed by atoms with van der Waals surface area (Å²) < 4.78 is 23.0. The van der Waals surface area contributed by atoms with Crippen LogP contribution in [0.3, 0.4) is 0 Å². The Morgan fingerprint density at radius 2 is 2.08 bits per heavy atom. The Balaban J connectivity index is 2.57. The minimum Gasteiger partial charge on any atom is -0.320 e. The number of rotatable bonds is 1. The molecule has 1 rings (SSSR count). The third kappa shape index (κ3) is 3.02. The van der Waals surface area contributed by atoms with Gasteiger partial charge in [0, 0.05) is 6.42 Å². The first kappa shape index (κ1) is 10.6. The van der Waals surface area contributed by atoms with Crippen LogP contribution in [0.1, 0.15) is 25.7 Å². The molecule has 0 spiro atoms. The molecule has 0 aromatic rings. The molecule has 1 aliphatic rings. The molecule has 4 heteroatoms. The van der Waals surface area contributed by atoms with Gasteiger partial charge in [0.25, 0.3) is 0 Å². The maximum absolute atomic E-state index is 11.5. The van der Waals surface area contributed by atoms with Crippen molar-refractivity contribution in [1.29, 1.82) is 0 Å². The smallest absolute Gasteiger partial charge is 0.154 e. The van der Waals surface area contributed by atoms with Crippen LogP contribution < -0.4 is 5.73 Å². The maximum Gasteiger partial charge on any atom is 0.154 e. The van der Waals surface area contributed by atoms with Gasteiger partial charge in [-0.3, -0.25) is 0 Å². The lowest BCUT2D eigenvalue weighted by Gasteiger charge is -2.19. The van der Waals surface area contributed by atoms with Gasteiger partial charge in [-0.2, -0.15) is 0 Å². The lowest BCUT2D eigenvalue weighted by atomic mass is 10.1. The van der Waals surface area contributed by atoms with Gasteiger partial charge in [-0.15, -0.1) is 5.92 Å². The van der Waals surface area contributed by atoms with E-state index in [0.717, 1.165) is 19.3 Å². The Morgan fingerprint density at radius 3 is 2.69 bits per heavy atom. The summed E-state index contributed by atoms with van der Waals surface area (Å²) in [5.41, 5.74) is 5.19. The molecule has 1 atom stereocenters. The lowest BCUT2D eigenvalue weighted by Crippen LogP contribution is -2.27. The van der Waals surface area contributed by atoms with Crippen molar-refractivity contribution in [2.45, 2.75) is 30.9 Å². The molecule has 3 nitrogen and oxygen atoms in total. The van der Waals surface area contributed by atoms with Crippen LogP contribution in [0.15, 0.2) is 0 Å². The second-order valence-electron chi connectivity index (χ2n) is 3.25. The average Bonchev–Trinajstić information content (AvgIpc) is 2.08. The molecule has 1 heterocycles. The Morgan fingerprint density at radius 1 is 1.31 bits per heavy atom. The first-order valence-corrected chi connectivity index (χ1v) is 6.25. The van der Waals surface area contributed by atoms with Gasteiger partial charge in [-0.1, -0.05) is 12.3 Å². The van der Waals surface area contributed by atoms with Gasteiger partial charge in [0.15, 0.2) is 9.84 Å². The van der Waals surface area contributed by atoms with E-state index in [0.29, 0.717) is 18.7 Å². The van der Waals surface area contributed by atoms with Crippen molar-refractivity contribution in [2.24, 2.45) is 5.73 Å². The second-order valence-corrected chi connectivity index (χ2v) is 5.65. The fraction of sp³-hybridized carbons (Fsp3) is 0.778. The van der Waals surface area contributed by atoms with E-state index in [1.165, 1.54) is 0 Å². The van der Waals surface area contributed by atoms with Crippen LogP contribution >= 0.6 is 0 Å². The summed E-state index contributed by atoms with van der Waals surface area (Å²) in [4.78, 5) is 0. The molecule has 0 bridgehead atoms. The zero-order valence-electron chi connectivity index (χ0n) is 7.62. The lowest BCUT2D eigenvalue weighted by molar-refractivity contribution is 0.542. The van der Waals surface area contributed by atoms with Crippen molar-refractivity contribution >= 4 is 9.84 Å². The second kappa shape index (κ2) is 4.64. The highest BCUT2D eigenvalue weighted by atomic mass is 32.2. The Hall–Kier alpha value is -0.530. The maximum atomic E-state index is 11.5. The van der Waals surface area contributed by atoms with E-state index in [2.05, 4.69) is 11.8 Å². The SMILES string of the molecule is NCC#CCC1CCCCS1(=O)=O. The largest absolute Gasteiger partial charge is 0.320 e. The summed E-state index contributed by atoms with van der Waals surface area (Å²) in [5, 5.41) is -0.236. The molecule has 0 aromatic heterocycles. The van der Waals surface area contributed by atoms with Crippen molar-refractivity contribution in [3.05, 3.63) is 0 Å². The van der Waals surface area contributed by atoms with Crippen LogP contribution in [-0.4, -0.2) is 26.0 Å². The number of nitrogens with two attached hydrogens (primary N) is 1. The summed E-state index contributed by atoms with van der Waals surface area (Å²) in [6, 6.07) is 0. The molecule has 1 aliphatic heterocycles. The molecular formula is C9H15NO2S. The first-order valence-electron chi connectivity index (χ1n) is 4.54. The molecule has 0 aliphatic carbocycles. The van der Waals surface area contributed by atoms with Gasteiger partial charge in [-0.05, 0) is 12.8 Å². The van der Waals surface area contributed by atoms with Gasteiger partial charge < -0.3 is 5.73 Å². The van der Waals surface area contributed by atoms with Gasteiger partial charge in [0.2, 0.25) is 0 Å². The van der Waals surface area contributed by atoms with E-state index in [-0.39, 0.29) is 5.25 Å². The number of sulfone groups is 1. The highest BCUT2D eigenvalue weighted by molar-refractivity contribution is 7.92. The molecule has 1 saturated heterocycles. The third-order valence-corrected chi connectivity index (χ3v) is 4.55. The Labute approximate surface area is 79.6 Å². The Bertz CT molecular complexity index is 310. The first-order chi connectivity index (χ1) is 6.17. The highest BCUT2D eigenvalue weighted by Crippen LogP contribution is 2.21. The van der Waals surface area contributed by atoms with E-state index in [1.807, 2.05) is 0 Å². The standard InChI is InChI=1S/C9H15NO2S/c10-7-3-1-5-9-6-2-4-8-13(9,11)12/h9H,2,4-8,10H2. The summed E-state index contributed by atoms with van der Waals surface area (Å²) in [7, 11) is -2.85. The van der Waals surface area contributed by atoms with Crippen LogP contribution in [-0.2, 0) is 9.84 Å². The molecule has 0 amide bonds. The quantitative estimate of drug-likeness (QED) is 0.621. The van der Waals surface area contributed by atoms with Gasteiger partial charge in [0.05, 0.1) is 17.5 Å². The van der Waals surface area contributed by atoms with Crippen LogP contribution in [0.5, 0.6) is 0 Å². The zero-order valence-corrected chi connectivity index (χ0v) is 8.44. The molecule has 0 radical (unpaired) electrons. The summed E-state index contributed by atoms with van der Waals surface area (Å²) in [6.07, 6.45) is 3.04. The Kier molecular flexibility index (Phi) is 3.76. The third-order valence-electron chi connectivity index (χ3n) is 2.27. The average molecular weight is 201 g/mol. The van der Waals surface area contributed by atoms with E-state index in [9.17, 15) is 8.42 Å². The van der Waals surface area contributed by atoms with Crippen LogP contribution in [0.25, 0.3) is 0 Å². The minimum atomic E-state index is -2.85. The van der Waals surface area contributed by atoms with Crippen molar-refractivity contribution in [3.63, 3.8) is 0 Å². The normalized spacial score (nSPS) is 26.1. The molecule has 0 saturated carbocycles. The summed E-state index contributed by atoms with van der Waals surface area (Å²) >= 11 is 0. The number of hydrogen-bond acceptors (Lipinski definition) is 3. The summed E-state index contributed by atoms with van der Waals surface area (Å²) in [6.45, 7) is 0.312. The topological polar surface area (TPSA) is 60.2 Å².